The number of para-hydroxylation sites is 1. The minimum Gasteiger partial charge on any atom is -0.497 e. The molecule has 46 heavy (non-hydrogen) atoms. The number of methoxy groups -OCH3 is 2. The maximum Gasteiger partial charge on any atom is 0.308 e. The van der Waals surface area contributed by atoms with Crippen molar-refractivity contribution in [2.45, 2.75) is 24.4 Å². The molecule has 4 atom stereocenters. The highest BCUT2D eigenvalue weighted by Gasteiger charge is 2.71. The van der Waals surface area contributed by atoms with Crippen molar-refractivity contribution in [2.24, 2.45) is 5.92 Å². The smallest absolute Gasteiger partial charge is 0.308 e. The average molecular weight is 615 g/mol. The van der Waals surface area contributed by atoms with E-state index in [1.54, 1.807) is 30.3 Å². The van der Waals surface area contributed by atoms with Crippen LogP contribution in [0, 0.1) is 5.92 Å². The molecule has 4 aromatic rings. The Morgan fingerprint density at radius 3 is 2.28 bits per heavy atom. The first-order valence-corrected chi connectivity index (χ1v) is 14.8. The Morgan fingerprint density at radius 2 is 1.54 bits per heavy atom. The van der Waals surface area contributed by atoms with Crippen molar-refractivity contribution in [3.63, 3.8) is 0 Å². The van der Waals surface area contributed by atoms with E-state index in [4.69, 9.17) is 14.2 Å². The molecule has 0 aromatic heterocycles. The van der Waals surface area contributed by atoms with E-state index in [0.29, 0.717) is 28.3 Å². The normalized spacial score (nSPS) is 22.0. The zero-order valence-corrected chi connectivity index (χ0v) is 25.4. The summed E-state index contributed by atoms with van der Waals surface area (Å²) < 4.78 is 16.3. The Kier molecular flexibility index (Phi) is 6.96. The summed E-state index contributed by atoms with van der Waals surface area (Å²) in [5, 5.41) is 3.05. The van der Waals surface area contributed by atoms with E-state index in [9.17, 15) is 14.4 Å². The highest BCUT2D eigenvalue weighted by molar-refractivity contribution is 6.17. The van der Waals surface area contributed by atoms with Crippen LogP contribution in [0.15, 0.2) is 97.2 Å². The van der Waals surface area contributed by atoms with Crippen LogP contribution in [-0.2, 0) is 15.0 Å². The fraction of sp³-hybridized carbons (Fsp3) is 0.189. The Bertz CT molecular complexity index is 1950. The number of esters is 1. The van der Waals surface area contributed by atoms with E-state index < -0.39 is 35.2 Å². The van der Waals surface area contributed by atoms with Gasteiger partial charge in [-0.3, -0.25) is 19.2 Å². The number of ether oxygens (including phenoxy) is 3. The maximum atomic E-state index is 15.2. The molecule has 3 heterocycles. The van der Waals surface area contributed by atoms with E-state index in [-0.39, 0.29) is 23.0 Å². The minimum absolute atomic E-state index is 0.198. The number of carbonyl (C=O) groups excluding carboxylic acids is 4. The standard InChI is InChI=1S/C37H30N2O7/c1-21(40)46-24-14-12-23(13-15-24)33(41)32-31(34(42)27-20-25(44-2)16-17-30(27)45-3)37(28-10-6-7-11-29(28)38-36(37)43)35-26-9-5-4-8-22(26)18-19-39(32)35/h4-20,31-32,35H,1-3H3,(H,38,43)/t31-,32+,35-,37-/m0/s1. The summed E-state index contributed by atoms with van der Waals surface area (Å²) in [6.45, 7) is 1.30. The third-order valence-electron chi connectivity index (χ3n) is 9.19. The number of hydrogen-bond acceptors (Lipinski definition) is 8. The van der Waals surface area contributed by atoms with E-state index in [2.05, 4.69) is 5.32 Å². The van der Waals surface area contributed by atoms with Gasteiger partial charge in [0.15, 0.2) is 11.6 Å². The van der Waals surface area contributed by atoms with E-state index >= 15 is 4.79 Å². The number of hydrogen-bond donors (Lipinski definition) is 1. The van der Waals surface area contributed by atoms with Gasteiger partial charge in [-0.15, -0.1) is 0 Å². The van der Waals surface area contributed by atoms with Gasteiger partial charge in [-0.2, -0.15) is 0 Å². The van der Waals surface area contributed by atoms with Crippen LogP contribution in [0.4, 0.5) is 5.69 Å². The first-order chi connectivity index (χ1) is 22.3. The third kappa shape index (κ3) is 4.23. The Morgan fingerprint density at radius 1 is 0.826 bits per heavy atom. The lowest BCUT2D eigenvalue weighted by atomic mass is 9.62. The highest BCUT2D eigenvalue weighted by Crippen LogP contribution is 2.62. The minimum atomic E-state index is -1.50. The van der Waals surface area contributed by atoms with Crippen molar-refractivity contribution in [2.75, 3.05) is 19.5 Å². The topological polar surface area (TPSA) is 111 Å². The summed E-state index contributed by atoms with van der Waals surface area (Å²) in [6, 6.07) is 24.4. The second-order valence-electron chi connectivity index (χ2n) is 11.5. The van der Waals surface area contributed by atoms with Crippen molar-refractivity contribution in [1.29, 1.82) is 0 Å². The van der Waals surface area contributed by atoms with E-state index in [0.717, 1.165) is 11.1 Å². The number of Topliss-reactive ketones (excluding diaryl/α,β-unsaturated/α-hetero) is 2. The molecule has 1 amide bonds. The number of fused-ring (bicyclic) bond motifs is 6. The van der Waals surface area contributed by atoms with Gasteiger partial charge in [0.25, 0.3) is 0 Å². The molecular weight excluding hydrogens is 584 g/mol. The summed E-state index contributed by atoms with van der Waals surface area (Å²) in [7, 11) is 2.97. The molecule has 3 aliphatic rings. The van der Waals surface area contributed by atoms with Gasteiger partial charge in [0.2, 0.25) is 5.91 Å². The zero-order chi connectivity index (χ0) is 32.2. The lowest BCUT2D eigenvalue weighted by Crippen LogP contribution is -2.49. The number of benzene rings is 4. The summed E-state index contributed by atoms with van der Waals surface area (Å²) in [6.07, 6.45) is 3.72. The monoisotopic (exact) mass is 614 g/mol. The fourth-order valence-corrected chi connectivity index (χ4v) is 7.37. The number of ketones is 2. The fourth-order valence-electron chi connectivity index (χ4n) is 7.37. The van der Waals surface area contributed by atoms with Gasteiger partial charge in [-0.05, 0) is 71.3 Å². The zero-order valence-electron chi connectivity index (χ0n) is 25.4. The molecule has 0 radical (unpaired) electrons. The van der Waals surface area contributed by atoms with Gasteiger partial charge in [-0.1, -0.05) is 42.5 Å². The lowest BCUT2D eigenvalue weighted by Gasteiger charge is -2.38. The molecule has 0 bridgehead atoms. The van der Waals surface area contributed by atoms with Gasteiger partial charge in [0.05, 0.1) is 31.7 Å². The van der Waals surface area contributed by atoms with E-state index in [1.807, 2.05) is 65.7 Å². The first kappa shape index (κ1) is 29.0. The number of nitrogens with one attached hydrogen (secondary N) is 1. The van der Waals surface area contributed by atoms with Crippen molar-refractivity contribution in [3.05, 3.63) is 125 Å². The number of carbonyl (C=O) groups is 4. The number of amides is 1. The molecule has 7 rings (SSSR count). The largest absolute Gasteiger partial charge is 0.497 e. The molecule has 1 fully saturated rings. The number of anilines is 1. The van der Waals surface area contributed by atoms with E-state index in [1.165, 1.54) is 33.3 Å². The maximum absolute atomic E-state index is 15.2. The molecule has 9 heteroatoms. The molecule has 3 aliphatic heterocycles. The molecule has 1 N–H and O–H groups in total. The van der Waals surface area contributed by atoms with Crippen LogP contribution >= 0.6 is 0 Å². The van der Waals surface area contributed by atoms with Crippen molar-refractivity contribution in [3.8, 4) is 17.2 Å². The van der Waals surface area contributed by atoms with Crippen LogP contribution in [0.2, 0.25) is 0 Å². The summed E-state index contributed by atoms with van der Waals surface area (Å²) in [4.78, 5) is 58.1. The van der Waals surface area contributed by atoms with Crippen LogP contribution in [0.3, 0.4) is 0 Å². The summed E-state index contributed by atoms with van der Waals surface area (Å²) in [5.41, 5.74) is 1.95. The quantitative estimate of drug-likeness (QED) is 0.163. The first-order valence-electron chi connectivity index (χ1n) is 14.8. The van der Waals surface area contributed by atoms with Crippen LogP contribution in [0.1, 0.15) is 50.4 Å². The van der Waals surface area contributed by atoms with Gasteiger partial charge >= 0.3 is 5.97 Å². The second kappa shape index (κ2) is 11.0. The van der Waals surface area contributed by atoms with Crippen LogP contribution in [0.25, 0.3) is 6.08 Å². The Labute approximate surface area is 265 Å². The Hall–Kier alpha value is -5.70. The van der Waals surface area contributed by atoms with Gasteiger partial charge in [-0.25, -0.2) is 0 Å². The van der Waals surface area contributed by atoms with Crippen molar-refractivity contribution < 1.29 is 33.4 Å². The van der Waals surface area contributed by atoms with Crippen LogP contribution in [-0.4, -0.2) is 48.6 Å². The molecule has 1 spiro atoms. The van der Waals surface area contributed by atoms with Crippen LogP contribution < -0.4 is 19.5 Å². The average Bonchev–Trinajstić information content (AvgIpc) is 3.55. The molecule has 4 aromatic carbocycles. The highest BCUT2D eigenvalue weighted by atomic mass is 16.5. The van der Waals surface area contributed by atoms with Gasteiger partial charge in [0.1, 0.15) is 28.7 Å². The van der Waals surface area contributed by atoms with Gasteiger partial charge < -0.3 is 24.4 Å². The second-order valence-corrected chi connectivity index (χ2v) is 11.5. The molecular formula is C37H30N2O7. The van der Waals surface area contributed by atoms with Crippen LogP contribution in [0.5, 0.6) is 17.2 Å². The summed E-state index contributed by atoms with van der Waals surface area (Å²) >= 11 is 0. The molecule has 0 aliphatic carbocycles. The third-order valence-corrected chi connectivity index (χ3v) is 9.19. The summed E-state index contributed by atoms with van der Waals surface area (Å²) in [5.74, 6) is -1.83. The predicted molar refractivity (Wildman–Crippen MR) is 170 cm³/mol. The van der Waals surface area contributed by atoms with Crippen molar-refractivity contribution >= 4 is 35.2 Å². The van der Waals surface area contributed by atoms with Gasteiger partial charge in [0, 0.05) is 24.4 Å². The predicted octanol–water partition coefficient (Wildman–Crippen LogP) is 5.61. The molecule has 0 saturated carbocycles. The lowest BCUT2D eigenvalue weighted by molar-refractivity contribution is -0.131. The molecule has 230 valence electrons. The molecule has 0 unspecified atom stereocenters. The Balaban J connectivity index is 1.50. The number of nitrogens with zero attached hydrogens (tertiary/aromatic N) is 1. The van der Waals surface area contributed by atoms with Crippen molar-refractivity contribution in [1.82, 2.24) is 4.90 Å². The number of rotatable bonds is 7. The molecule has 9 nitrogen and oxygen atoms in total. The SMILES string of the molecule is COc1ccc(OC)c(C(=O)[C@@H]2[C@H](C(=O)c3ccc(OC(C)=O)cc3)N3C=Cc4ccccc4[C@H]3[C@@]23C(=O)Nc2ccccc23)c1. The molecule has 1 saturated heterocycles.